The average molecular weight is 365 g/mol. The first kappa shape index (κ1) is 16.5. The van der Waals surface area contributed by atoms with Crippen LogP contribution in [-0.2, 0) is 6.42 Å². The summed E-state index contributed by atoms with van der Waals surface area (Å²) in [5, 5.41) is 11.1. The smallest absolute Gasteiger partial charge is 0.228 e. The van der Waals surface area contributed by atoms with Gasteiger partial charge in [-0.15, -0.1) is 0 Å². The fraction of sp³-hybridized carbons (Fsp3) is 0.200. The van der Waals surface area contributed by atoms with Crippen molar-refractivity contribution in [1.82, 2.24) is 20.1 Å². The largest absolute Gasteiger partial charge is 0.383 e. The lowest BCUT2D eigenvalue weighted by molar-refractivity contribution is 0.381. The molecule has 0 saturated heterocycles. The van der Waals surface area contributed by atoms with E-state index in [9.17, 15) is 0 Å². The van der Waals surface area contributed by atoms with E-state index in [1.807, 2.05) is 12.1 Å². The van der Waals surface area contributed by atoms with Crippen LogP contribution in [0.5, 0.6) is 0 Å². The molecule has 2 heterocycles. The number of halogens is 2. The number of aromatic nitrogens is 4. The second kappa shape index (κ2) is 7.46. The van der Waals surface area contributed by atoms with Crippen LogP contribution in [0.1, 0.15) is 5.89 Å². The molecular weight excluding hydrogens is 351 g/mol. The van der Waals surface area contributed by atoms with Crippen molar-refractivity contribution in [3.63, 3.8) is 0 Å². The van der Waals surface area contributed by atoms with Crippen LogP contribution in [0.2, 0.25) is 10.2 Å². The summed E-state index contributed by atoms with van der Waals surface area (Å²) in [6, 6.07) is 7.30. The fourth-order valence-electron chi connectivity index (χ4n) is 2.11. The third kappa shape index (κ3) is 3.74. The third-order valence-corrected chi connectivity index (χ3v) is 3.75. The number of benzene rings is 1. The summed E-state index contributed by atoms with van der Waals surface area (Å²) < 4.78 is 5.26. The van der Waals surface area contributed by atoms with Gasteiger partial charge in [-0.2, -0.15) is 4.98 Å². The van der Waals surface area contributed by atoms with Gasteiger partial charge >= 0.3 is 0 Å². The van der Waals surface area contributed by atoms with Crippen molar-refractivity contribution in [1.29, 1.82) is 0 Å². The highest BCUT2D eigenvalue weighted by atomic mass is 35.5. The first-order chi connectivity index (χ1) is 11.7. The minimum absolute atomic E-state index is 0.357. The highest BCUT2D eigenvalue weighted by molar-refractivity contribution is 6.32. The van der Waals surface area contributed by atoms with E-state index in [4.69, 9.17) is 27.7 Å². The van der Waals surface area contributed by atoms with Crippen LogP contribution >= 0.6 is 23.2 Å². The first-order valence-corrected chi connectivity index (χ1v) is 7.93. The summed E-state index contributed by atoms with van der Waals surface area (Å²) >= 11 is 12.0. The van der Waals surface area contributed by atoms with Gasteiger partial charge in [-0.1, -0.05) is 40.5 Å². The molecule has 24 heavy (non-hydrogen) atoms. The summed E-state index contributed by atoms with van der Waals surface area (Å²) in [7, 11) is 1.75. The van der Waals surface area contributed by atoms with Crippen molar-refractivity contribution >= 4 is 34.7 Å². The van der Waals surface area contributed by atoms with Gasteiger partial charge in [-0.3, -0.25) is 0 Å². The van der Waals surface area contributed by atoms with Crippen molar-refractivity contribution < 1.29 is 4.52 Å². The molecular formula is C15H14Cl2N6O. The second-order valence-electron chi connectivity index (χ2n) is 4.84. The van der Waals surface area contributed by atoms with Crippen molar-refractivity contribution in [2.24, 2.45) is 0 Å². The van der Waals surface area contributed by atoms with Gasteiger partial charge < -0.3 is 15.2 Å². The van der Waals surface area contributed by atoms with Crippen LogP contribution in [0.15, 0.2) is 35.1 Å². The molecule has 0 aliphatic rings. The maximum Gasteiger partial charge on any atom is 0.228 e. The van der Waals surface area contributed by atoms with Crippen LogP contribution in [0, 0.1) is 0 Å². The van der Waals surface area contributed by atoms with Gasteiger partial charge in [0.2, 0.25) is 11.7 Å². The fourth-order valence-corrected chi connectivity index (χ4v) is 2.53. The molecule has 3 aromatic rings. The molecule has 0 amide bonds. The van der Waals surface area contributed by atoms with Gasteiger partial charge in [0.05, 0.1) is 0 Å². The Bertz CT molecular complexity index is 838. The number of nitrogens with zero attached hydrogens (tertiary/aromatic N) is 4. The Balaban J connectivity index is 1.63. The van der Waals surface area contributed by atoms with Gasteiger partial charge in [0.1, 0.15) is 12.0 Å². The Morgan fingerprint density at radius 3 is 2.88 bits per heavy atom. The third-order valence-electron chi connectivity index (χ3n) is 3.23. The Morgan fingerprint density at radius 1 is 1.21 bits per heavy atom. The van der Waals surface area contributed by atoms with Gasteiger partial charge in [0.15, 0.2) is 11.0 Å². The van der Waals surface area contributed by atoms with Crippen molar-refractivity contribution in [2.45, 2.75) is 6.42 Å². The van der Waals surface area contributed by atoms with E-state index in [2.05, 4.69) is 30.7 Å². The molecule has 9 heteroatoms. The van der Waals surface area contributed by atoms with E-state index in [-0.39, 0.29) is 0 Å². The predicted octanol–water partition coefficient (Wildman–Crippen LogP) is 3.53. The van der Waals surface area contributed by atoms with Crippen molar-refractivity contribution in [3.8, 4) is 11.4 Å². The lowest BCUT2D eigenvalue weighted by Gasteiger charge is -2.10. The minimum atomic E-state index is 0.357. The molecule has 0 unspecified atom stereocenters. The lowest BCUT2D eigenvalue weighted by Crippen LogP contribution is -2.09. The average Bonchev–Trinajstić information content (AvgIpc) is 3.04. The summed E-state index contributed by atoms with van der Waals surface area (Å²) in [4.78, 5) is 12.4. The zero-order valence-electron chi connectivity index (χ0n) is 12.8. The molecule has 7 nitrogen and oxygen atoms in total. The van der Waals surface area contributed by atoms with Gasteiger partial charge in [-0.25, -0.2) is 9.97 Å². The van der Waals surface area contributed by atoms with E-state index >= 15 is 0 Å². The van der Waals surface area contributed by atoms with Gasteiger partial charge in [0, 0.05) is 30.6 Å². The van der Waals surface area contributed by atoms with Gasteiger partial charge in [-0.05, 0) is 12.1 Å². The number of rotatable bonds is 6. The molecule has 2 N–H and O–H groups in total. The molecule has 2 aromatic heterocycles. The Morgan fingerprint density at radius 2 is 2.08 bits per heavy atom. The monoisotopic (exact) mass is 364 g/mol. The summed E-state index contributed by atoms with van der Waals surface area (Å²) in [5.41, 5.74) is 1.45. The van der Waals surface area contributed by atoms with Crippen LogP contribution in [0.25, 0.3) is 11.4 Å². The molecule has 0 aliphatic heterocycles. The number of anilines is 2. The predicted molar refractivity (Wildman–Crippen MR) is 93.5 cm³/mol. The lowest BCUT2D eigenvalue weighted by atomic mass is 10.2. The number of nitrogens with one attached hydrogen (secondary N) is 2. The number of hydrogen-bond acceptors (Lipinski definition) is 7. The first-order valence-electron chi connectivity index (χ1n) is 7.18. The SMILES string of the molecule is CNc1c(Cl)ncnc1NCCc1nc(-c2cccc(Cl)c2)no1. The quantitative estimate of drug-likeness (QED) is 0.646. The molecule has 124 valence electrons. The Kier molecular flexibility index (Phi) is 5.12. The zero-order chi connectivity index (χ0) is 16.9. The number of hydrogen-bond donors (Lipinski definition) is 2. The standard InChI is InChI=1S/C15H14Cl2N6O/c1-18-12-13(17)20-8-21-15(12)19-6-5-11-22-14(23-24-11)9-3-2-4-10(16)7-9/h2-4,7-8,18H,5-6H2,1H3,(H,19,20,21). The Labute approximate surface area is 148 Å². The minimum Gasteiger partial charge on any atom is -0.383 e. The van der Waals surface area contributed by atoms with E-state index in [1.54, 1.807) is 19.2 Å². The molecule has 0 aliphatic carbocycles. The maximum absolute atomic E-state index is 6.00. The van der Waals surface area contributed by atoms with Crippen LogP contribution in [-0.4, -0.2) is 33.7 Å². The van der Waals surface area contributed by atoms with Crippen LogP contribution in [0.3, 0.4) is 0 Å². The molecule has 3 rings (SSSR count). The van der Waals surface area contributed by atoms with E-state index in [0.717, 1.165) is 5.56 Å². The molecule has 1 aromatic carbocycles. The molecule has 0 bridgehead atoms. The van der Waals surface area contributed by atoms with Crippen molar-refractivity contribution in [2.75, 3.05) is 24.2 Å². The molecule has 0 atom stereocenters. The van der Waals surface area contributed by atoms with E-state index < -0.39 is 0 Å². The zero-order valence-corrected chi connectivity index (χ0v) is 14.3. The summed E-state index contributed by atoms with van der Waals surface area (Å²) in [6.07, 6.45) is 1.94. The van der Waals surface area contributed by atoms with Crippen molar-refractivity contribution in [3.05, 3.63) is 46.7 Å². The van der Waals surface area contributed by atoms with E-state index in [0.29, 0.717) is 46.4 Å². The van der Waals surface area contributed by atoms with Gasteiger partial charge in [0.25, 0.3) is 0 Å². The molecule has 0 saturated carbocycles. The topological polar surface area (TPSA) is 88.8 Å². The second-order valence-corrected chi connectivity index (χ2v) is 5.63. The molecule has 0 spiro atoms. The maximum atomic E-state index is 6.00. The summed E-state index contributed by atoms with van der Waals surface area (Å²) in [6.45, 7) is 0.555. The summed E-state index contributed by atoms with van der Waals surface area (Å²) in [5.74, 6) is 1.64. The molecule has 0 radical (unpaired) electrons. The normalized spacial score (nSPS) is 10.6. The highest BCUT2D eigenvalue weighted by Gasteiger charge is 2.11. The highest BCUT2D eigenvalue weighted by Crippen LogP contribution is 2.25. The van der Waals surface area contributed by atoms with E-state index in [1.165, 1.54) is 6.33 Å². The Hall–Kier alpha value is -2.38. The van der Waals surface area contributed by atoms with Crippen LogP contribution < -0.4 is 10.6 Å². The van der Waals surface area contributed by atoms with Crippen LogP contribution in [0.4, 0.5) is 11.5 Å². The molecule has 0 fully saturated rings.